The van der Waals surface area contributed by atoms with Gasteiger partial charge in [-0.2, -0.15) is 0 Å². The molecule has 0 unspecified atom stereocenters. The predicted octanol–water partition coefficient (Wildman–Crippen LogP) is 1.87. The molecule has 0 spiro atoms. The van der Waals surface area contributed by atoms with E-state index in [-0.39, 0.29) is 23.2 Å². The smallest absolute Gasteiger partial charge is 0.336 e. The molecule has 0 heterocycles. The first-order chi connectivity index (χ1) is 8.95. The third-order valence-corrected chi connectivity index (χ3v) is 2.29. The number of esters is 1. The molecule has 0 saturated heterocycles. The minimum absolute atomic E-state index is 0.00739. The van der Waals surface area contributed by atoms with Crippen LogP contribution in [-0.4, -0.2) is 29.1 Å². The number of rotatable bonds is 5. The Morgan fingerprint density at radius 1 is 1.47 bits per heavy atom. The van der Waals surface area contributed by atoms with E-state index >= 15 is 0 Å². The van der Waals surface area contributed by atoms with Crippen molar-refractivity contribution in [3.63, 3.8) is 0 Å². The number of non-ortho nitro benzene ring substituents is 1. The second-order valence-electron chi connectivity index (χ2n) is 3.52. The van der Waals surface area contributed by atoms with Crippen LogP contribution in [0.25, 0.3) is 6.08 Å². The van der Waals surface area contributed by atoms with Gasteiger partial charge in [-0.1, -0.05) is 12.2 Å². The Morgan fingerprint density at radius 2 is 2.16 bits per heavy atom. The van der Waals surface area contributed by atoms with Crippen LogP contribution in [0.15, 0.2) is 24.3 Å². The molecule has 0 aromatic heterocycles. The molecule has 0 radical (unpaired) electrons. The van der Waals surface area contributed by atoms with Crippen LogP contribution in [0.4, 0.5) is 5.69 Å². The largest absolute Gasteiger partial charge is 0.478 e. The molecule has 1 aromatic rings. The summed E-state index contributed by atoms with van der Waals surface area (Å²) >= 11 is 0. The van der Waals surface area contributed by atoms with E-state index in [1.807, 2.05) is 0 Å². The third kappa shape index (κ3) is 3.91. The number of carbonyl (C=O) groups excluding carboxylic acids is 1. The number of methoxy groups -OCH3 is 1. The molecule has 1 aromatic carbocycles. The molecule has 100 valence electrons. The number of benzene rings is 1. The molecule has 7 heteroatoms. The molecule has 0 aliphatic carbocycles. The standard InChI is InChI=1S/C12H11NO6/c1-19-11(14)4-2-3-8-5-6-9(13(17)18)7-10(8)12(15)16/h2-3,5-7H,4H2,1H3,(H,15,16). The topological polar surface area (TPSA) is 107 Å². The van der Waals surface area contributed by atoms with E-state index in [0.717, 1.165) is 6.07 Å². The fourth-order valence-electron chi connectivity index (χ4n) is 1.35. The van der Waals surface area contributed by atoms with Crippen molar-refractivity contribution in [2.24, 2.45) is 0 Å². The van der Waals surface area contributed by atoms with Crippen molar-refractivity contribution in [1.82, 2.24) is 0 Å². The molecule has 19 heavy (non-hydrogen) atoms. The Labute approximate surface area is 108 Å². The highest BCUT2D eigenvalue weighted by Crippen LogP contribution is 2.19. The number of carboxylic acid groups (broad SMARTS) is 1. The van der Waals surface area contributed by atoms with Crippen LogP contribution in [0.5, 0.6) is 0 Å². The van der Waals surface area contributed by atoms with Crippen molar-refractivity contribution in [3.05, 3.63) is 45.5 Å². The SMILES string of the molecule is COC(=O)CC=Cc1ccc([N+](=O)[O-])cc1C(=O)O. The van der Waals surface area contributed by atoms with Gasteiger partial charge in [-0.25, -0.2) is 4.79 Å². The Morgan fingerprint density at radius 3 is 2.68 bits per heavy atom. The molecule has 1 rings (SSSR count). The van der Waals surface area contributed by atoms with Gasteiger partial charge in [0.1, 0.15) is 0 Å². The number of ether oxygens (including phenoxy) is 1. The van der Waals surface area contributed by atoms with Gasteiger partial charge in [-0.3, -0.25) is 14.9 Å². The molecule has 7 nitrogen and oxygen atoms in total. The Balaban J connectivity index is 3.04. The van der Waals surface area contributed by atoms with E-state index in [1.54, 1.807) is 0 Å². The van der Waals surface area contributed by atoms with Gasteiger partial charge in [-0.15, -0.1) is 0 Å². The summed E-state index contributed by atoms with van der Waals surface area (Å²) in [4.78, 5) is 31.8. The summed E-state index contributed by atoms with van der Waals surface area (Å²) in [6.07, 6.45) is 2.83. The highest BCUT2D eigenvalue weighted by molar-refractivity contribution is 5.93. The van der Waals surface area contributed by atoms with Crippen molar-refractivity contribution >= 4 is 23.7 Å². The lowest BCUT2D eigenvalue weighted by molar-refractivity contribution is -0.384. The van der Waals surface area contributed by atoms with Crippen molar-refractivity contribution in [3.8, 4) is 0 Å². The monoisotopic (exact) mass is 265 g/mol. The van der Waals surface area contributed by atoms with Crippen molar-refractivity contribution in [2.75, 3.05) is 7.11 Å². The van der Waals surface area contributed by atoms with Crippen molar-refractivity contribution in [2.45, 2.75) is 6.42 Å². The predicted molar refractivity (Wildman–Crippen MR) is 65.7 cm³/mol. The molecular weight excluding hydrogens is 254 g/mol. The third-order valence-electron chi connectivity index (χ3n) is 2.29. The van der Waals surface area contributed by atoms with E-state index in [0.29, 0.717) is 0 Å². The van der Waals surface area contributed by atoms with Crippen LogP contribution in [-0.2, 0) is 9.53 Å². The average Bonchev–Trinajstić information content (AvgIpc) is 2.38. The van der Waals surface area contributed by atoms with Gasteiger partial charge < -0.3 is 9.84 Å². The quantitative estimate of drug-likeness (QED) is 0.494. The molecule has 0 aliphatic rings. The van der Waals surface area contributed by atoms with E-state index in [4.69, 9.17) is 5.11 Å². The lowest BCUT2D eigenvalue weighted by Crippen LogP contribution is -2.01. The van der Waals surface area contributed by atoms with Gasteiger partial charge in [-0.05, 0) is 11.6 Å². The molecular formula is C12H11NO6. The average molecular weight is 265 g/mol. The number of nitrogens with zero attached hydrogens (tertiary/aromatic N) is 1. The zero-order valence-corrected chi connectivity index (χ0v) is 10.0. The lowest BCUT2D eigenvalue weighted by Gasteiger charge is -2.01. The number of nitro groups is 1. The lowest BCUT2D eigenvalue weighted by atomic mass is 10.1. The van der Waals surface area contributed by atoms with Gasteiger partial charge >= 0.3 is 11.9 Å². The first kappa shape index (κ1) is 14.4. The second kappa shape index (κ2) is 6.29. The van der Waals surface area contributed by atoms with Gasteiger partial charge in [0.05, 0.1) is 24.0 Å². The van der Waals surface area contributed by atoms with Crippen LogP contribution >= 0.6 is 0 Å². The number of hydrogen-bond acceptors (Lipinski definition) is 5. The Hall–Kier alpha value is -2.70. The summed E-state index contributed by atoms with van der Waals surface area (Å²) in [6, 6.07) is 3.49. The number of carboxylic acids is 1. The maximum absolute atomic E-state index is 11.0. The van der Waals surface area contributed by atoms with Gasteiger partial charge in [0.25, 0.3) is 5.69 Å². The minimum Gasteiger partial charge on any atom is -0.478 e. The fourth-order valence-corrected chi connectivity index (χ4v) is 1.35. The van der Waals surface area contributed by atoms with Crippen molar-refractivity contribution < 1.29 is 24.4 Å². The molecule has 1 N–H and O–H groups in total. The molecule has 0 saturated carbocycles. The minimum atomic E-state index is -1.28. The summed E-state index contributed by atoms with van der Waals surface area (Å²) in [5, 5.41) is 19.5. The van der Waals surface area contributed by atoms with Crippen LogP contribution < -0.4 is 0 Å². The van der Waals surface area contributed by atoms with Crippen LogP contribution in [0.3, 0.4) is 0 Å². The molecule has 0 bridgehead atoms. The van der Waals surface area contributed by atoms with Gasteiger partial charge in [0, 0.05) is 12.1 Å². The summed E-state index contributed by atoms with van der Waals surface area (Å²) in [7, 11) is 1.24. The Kier molecular flexibility index (Phi) is 4.76. The second-order valence-corrected chi connectivity index (χ2v) is 3.52. The normalized spacial score (nSPS) is 10.4. The highest BCUT2D eigenvalue weighted by atomic mass is 16.6. The van der Waals surface area contributed by atoms with E-state index in [2.05, 4.69) is 4.74 Å². The fraction of sp³-hybridized carbons (Fsp3) is 0.167. The van der Waals surface area contributed by atoms with Gasteiger partial charge in [0.2, 0.25) is 0 Å². The summed E-state index contributed by atoms with van der Waals surface area (Å²) in [5.41, 5.74) is -0.222. The molecule has 0 fully saturated rings. The first-order valence-corrected chi connectivity index (χ1v) is 5.20. The van der Waals surface area contributed by atoms with Crippen LogP contribution in [0, 0.1) is 10.1 Å². The summed E-state index contributed by atoms with van der Waals surface area (Å²) in [5.74, 6) is -1.74. The van der Waals surface area contributed by atoms with Gasteiger partial charge in [0.15, 0.2) is 0 Å². The maximum Gasteiger partial charge on any atom is 0.336 e. The zero-order chi connectivity index (χ0) is 14.4. The van der Waals surface area contributed by atoms with E-state index in [1.165, 1.54) is 31.4 Å². The number of carbonyl (C=O) groups is 2. The Bertz CT molecular complexity index is 549. The molecule has 0 aliphatic heterocycles. The first-order valence-electron chi connectivity index (χ1n) is 5.20. The van der Waals surface area contributed by atoms with E-state index in [9.17, 15) is 19.7 Å². The maximum atomic E-state index is 11.0. The number of aromatic carboxylic acids is 1. The highest BCUT2D eigenvalue weighted by Gasteiger charge is 2.14. The molecule has 0 atom stereocenters. The number of hydrogen-bond donors (Lipinski definition) is 1. The summed E-state index contributed by atoms with van der Waals surface area (Å²) < 4.78 is 4.42. The molecule has 0 amide bonds. The zero-order valence-electron chi connectivity index (χ0n) is 10.0. The van der Waals surface area contributed by atoms with E-state index < -0.39 is 16.9 Å². The van der Waals surface area contributed by atoms with Crippen molar-refractivity contribution in [1.29, 1.82) is 0 Å². The van der Waals surface area contributed by atoms with Crippen LogP contribution in [0.2, 0.25) is 0 Å². The summed E-state index contributed by atoms with van der Waals surface area (Å²) in [6.45, 7) is 0. The van der Waals surface area contributed by atoms with Crippen LogP contribution in [0.1, 0.15) is 22.3 Å². The number of nitro benzene ring substituents is 1.